The molecule has 1 aromatic heterocycles. The third kappa shape index (κ3) is 0.896. The van der Waals surface area contributed by atoms with Gasteiger partial charge in [0.1, 0.15) is 0 Å². The molecule has 3 heteroatoms. The number of H-pyrrole nitrogens is 1. The van der Waals surface area contributed by atoms with Crippen LogP contribution in [0.2, 0.25) is 0 Å². The van der Waals surface area contributed by atoms with E-state index >= 15 is 0 Å². The molecule has 0 spiro atoms. The van der Waals surface area contributed by atoms with Crippen LogP contribution in [0.5, 0.6) is 0 Å². The molecule has 0 aromatic carbocycles. The number of fused-ring (bicyclic) bond motifs is 1. The van der Waals surface area contributed by atoms with Gasteiger partial charge in [0.2, 0.25) is 0 Å². The number of aromatic nitrogens is 1. The average molecular weight is 202 g/mol. The molecule has 1 aromatic rings. The summed E-state index contributed by atoms with van der Waals surface area (Å²) in [5.74, 6) is 0. The standard InChI is InChI=1S/C7H8BrNO/c8-7-6-1-2-10-4-5(6)3-9-7/h3,9H,1-2,4H2. The van der Waals surface area contributed by atoms with Gasteiger partial charge in [0.15, 0.2) is 0 Å². The molecule has 0 aliphatic carbocycles. The molecule has 0 bridgehead atoms. The number of hydrogen-bond donors (Lipinski definition) is 1. The van der Waals surface area contributed by atoms with Gasteiger partial charge >= 0.3 is 0 Å². The first-order valence-electron chi connectivity index (χ1n) is 3.30. The van der Waals surface area contributed by atoms with Crippen LogP contribution in [-0.4, -0.2) is 11.6 Å². The zero-order valence-electron chi connectivity index (χ0n) is 5.48. The molecule has 0 saturated heterocycles. The minimum absolute atomic E-state index is 0.761. The Morgan fingerprint density at radius 3 is 3.30 bits per heavy atom. The van der Waals surface area contributed by atoms with E-state index in [0.717, 1.165) is 24.2 Å². The van der Waals surface area contributed by atoms with Gasteiger partial charge in [-0.05, 0) is 33.5 Å². The second kappa shape index (κ2) is 2.40. The van der Waals surface area contributed by atoms with Crippen LogP contribution < -0.4 is 0 Å². The number of halogens is 1. The van der Waals surface area contributed by atoms with Crippen molar-refractivity contribution < 1.29 is 4.74 Å². The summed E-state index contributed by atoms with van der Waals surface area (Å²) >= 11 is 3.44. The molecule has 0 unspecified atom stereocenters. The third-order valence-electron chi connectivity index (χ3n) is 1.78. The van der Waals surface area contributed by atoms with Crippen LogP contribution in [0.15, 0.2) is 10.8 Å². The monoisotopic (exact) mass is 201 g/mol. The molecule has 1 aliphatic rings. The van der Waals surface area contributed by atoms with Gasteiger partial charge in [0.05, 0.1) is 17.8 Å². The number of aromatic amines is 1. The number of nitrogens with one attached hydrogen (secondary N) is 1. The highest BCUT2D eigenvalue weighted by Crippen LogP contribution is 2.23. The van der Waals surface area contributed by atoms with Crippen molar-refractivity contribution in [3.8, 4) is 0 Å². The van der Waals surface area contributed by atoms with Gasteiger partial charge in [-0.2, -0.15) is 0 Å². The first-order valence-corrected chi connectivity index (χ1v) is 4.09. The summed E-state index contributed by atoms with van der Waals surface area (Å²) in [7, 11) is 0. The van der Waals surface area contributed by atoms with E-state index in [-0.39, 0.29) is 0 Å². The van der Waals surface area contributed by atoms with Gasteiger partial charge in [0, 0.05) is 6.20 Å². The second-order valence-corrected chi connectivity index (χ2v) is 3.20. The van der Waals surface area contributed by atoms with E-state index in [9.17, 15) is 0 Å². The Morgan fingerprint density at radius 1 is 1.60 bits per heavy atom. The molecule has 0 radical (unpaired) electrons. The van der Waals surface area contributed by atoms with Crippen molar-refractivity contribution in [1.82, 2.24) is 4.98 Å². The summed E-state index contributed by atoms with van der Waals surface area (Å²) < 4.78 is 6.38. The molecular weight excluding hydrogens is 194 g/mol. The van der Waals surface area contributed by atoms with Crippen molar-refractivity contribution in [3.05, 3.63) is 21.9 Å². The minimum atomic E-state index is 0.761. The van der Waals surface area contributed by atoms with Crippen molar-refractivity contribution in [2.75, 3.05) is 6.61 Å². The molecule has 10 heavy (non-hydrogen) atoms. The van der Waals surface area contributed by atoms with Crippen molar-refractivity contribution in [3.63, 3.8) is 0 Å². The number of hydrogen-bond acceptors (Lipinski definition) is 1. The lowest BCUT2D eigenvalue weighted by Gasteiger charge is -2.11. The van der Waals surface area contributed by atoms with E-state index < -0.39 is 0 Å². The van der Waals surface area contributed by atoms with Gasteiger partial charge in [-0.1, -0.05) is 0 Å². The SMILES string of the molecule is Brc1[nH]cc2c1CCOC2. The molecule has 0 atom stereocenters. The Hall–Kier alpha value is -0.280. The van der Waals surface area contributed by atoms with Crippen LogP contribution in [0.3, 0.4) is 0 Å². The van der Waals surface area contributed by atoms with Crippen molar-refractivity contribution in [1.29, 1.82) is 0 Å². The topological polar surface area (TPSA) is 25.0 Å². The number of rotatable bonds is 0. The fourth-order valence-corrected chi connectivity index (χ4v) is 1.79. The van der Waals surface area contributed by atoms with Crippen LogP contribution in [0.25, 0.3) is 0 Å². The van der Waals surface area contributed by atoms with Crippen molar-refractivity contribution >= 4 is 15.9 Å². The van der Waals surface area contributed by atoms with E-state index in [1.165, 1.54) is 11.1 Å². The lowest BCUT2D eigenvalue weighted by molar-refractivity contribution is 0.111. The summed E-state index contributed by atoms with van der Waals surface area (Å²) in [6, 6.07) is 0. The molecule has 0 fully saturated rings. The summed E-state index contributed by atoms with van der Waals surface area (Å²) in [5.41, 5.74) is 2.67. The molecule has 1 N–H and O–H groups in total. The number of ether oxygens (including phenoxy) is 1. The van der Waals surface area contributed by atoms with Gasteiger partial charge in [0.25, 0.3) is 0 Å². The Kier molecular flexibility index (Phi) is 1.54. The van der Waals surface area contributed by atoms with Crippen molar-refractivity contribution in [2.24, 2.45) is 0 Å². The van der Waals surface area contributed by atoms with E-state index in [2.05, 4.69) is 20.9 Å². The molecule has 2 nitrogen and oxygen atoms in total. The quantitative estimate of drug-likeness (QED) is 0.682. The molecule has 0 amide bonds. The molecule has 2 heterocycles. The smallest absolute Gasteiger partial charge is 0.0857 e. The summed E-state index contributed by atoms with van der Waals surface area (Å²) in [6.07, 6.45) is 3.03. The molecule has 54 valence electrons. The predicted octanol–water partition coefficient (Wildman–Crippen LogP) is 1.85. The van der Waals surface area contributed by atoms with Crippen LogP contribution in [0, 0.1) is 0 Å². The first-order chi connectivity index (χ1) is 4.88. The Bertz CT molecular complexity index is 244. The maximum absolute atomic E-state index is 5.27. The van der Waals surface area contributed by atoms with Gasteiger partial charge in [-0.3, -0.25) is 0 Å². The van der Waals surface area contributed by atoms with E-state index in [4.69, 9.17) is 4.74 Å². The summed E-state index contributed by atoms with van der Waals surface area (Å²) in [6.45, 7) is 1.61. The fourth-order valence-electron chi connectivity index (χ4n) is 1.22. The largest absolute Gasteiger partial charge is 0.376 e. The van der Waals surface area contributed by atoms with Crippen LogP contribution >= 0.6 is 15.9 Å². The van der Waals surface area contributed by atoms with Gasteiger partial charge in [-0.25, -0.2) is 0 Å². The van der Waals surface area contributed by atoms with Crippen LogP contribution in [-0.2, 0) is 17.8 Å². The molecule has 2 rings (SSSR count). The summed E-state index contributed by atoms with van der Waals surface area (Å²) in [5, 5.41) is 0. The first kappa shape index (κ1) is 6.43. The average Bonchev–Trinajstić information content (AvgIpc) is 2.34. The maximum Gasteiger partial charge on any atom is 0.0857 e. The highest BCUT2D eigenvalue weighted by Gasteiger charge is 2.12. The van der Waals surface area contributed by atoms with E-state index in [1.807, 2.05) is 6.20 Å². The third-order valence-corrected chi connectivity index (χ3v) is 2.49. The zero-order valence-corrected chi connectivity index (χ0v) is 7.07. The summed E-state index contributed by atoms with van der Waals surface area (Å²) in [4.78, 5) is 3.12. The maximum atomic E-state index is 5.27. The van der Waals surface area contributed by atoms with Gasteiger partial charge < -0.3 is 9.72 Å². The zero-order chi connectivity index (χ0) is 6.97. The molecular formula is C7H8BrNO. The van der Waals surface area contributed by atoms with Gasteiger partial charge in [-0.15, -0.1) is 0 Å². The second-order valence-electron chi connectivity index (χ2n) is 2.41. The van der Waals surface area contributed by atoms with E-state index in [0.29, 0.717) is 0 Å². The molecule has 1 aliphatic heterocycles. The molecule has 0 saturated carbocycles. The lowest BCUT2D eigenvalue weighted by Crippen LogP contribution is -2.07. The highest BCUT2D eigenvalue weighted by atomic mass is 79.9. The fraction of sp³-hybridized carbons (Fsp3) is 0.429. The van der Waals surface area contributed by atoms with Crippen molar-refractivity contribution in [2.45, 2.75) is 13.0 Å². The Morgan fingerprint density at radius 2 is 2.50 bits per heavy atom. The van der Waals surface area contributed by atoms with Crippen LogP contribution in [0.1, 0.15) is 11.1 Å². The Balaban J connectivity index is 2.45. The normalized spacial score (nSPS) is 16.9. The highest BCUT2D eigenvalue weighted by molar-refractivity contribution is 9.10. The Labute approximate surface area is 67.7 Å². The van der Waals surface area contributed by atoms with E-state index in [1.54, 1.807) is 0 Å². The minimum Gasteiger partial charge on any atom is -0.376 e. The lowest BCUT2D eigenvalue weighted by atomic mass is 10.1. The predicted molar refractivity (Wildman–Crippen MR) is 41.9 cm³/mol. The van der Waals surface area contributed by atoms with Crippen LogP contribution in [0.4, 0.5) is 0 Å².